The van der Waals surface area contributed by atoms with Crippen molar-refractivity contribution in [2.24, 2.45) is 5.73 Å². The van der Waals surface area contributed by atoms with E-state index in [1.54, 1.807) is 16.8 Å². The number of fused-ring (bicyclic) bond motifs is 1. The fraction of sp³-hybridized carbons (Fsp3) is 0.125. The van der Waals surface area contributed by atoms with Crippen LogP contribution >= 0.6 is 0 Å². The van der Waals surface area contributed by atoms with E-state index in [-0.39, 0.29) is 12.3 Å². The topological polar surface area (TPSA) is 73.3 Å². The number of carbonyl (C=O) groups excluding carboxylic acids is 1. The third-order valence-corrected chi connectivity index (χ3v) is 1.77. The van der Waals surface area contributed by atoms with E-state index in [1.807, 2.05) is 12.1 Å². The number of aromatic nitrogens is 3. The molecule has 5 nitrogen and oxygen atoms in total. The average molecular weight is 176 g/mol. The Morgan fingerprint density at radius 2 is 2.38 bits per heavy atom. The van der Waals surface area contributed by atoms with Gasteiger partial charge in [0.1, 0.15) is 0 Å². The second kappa shape index (κ2) is 2.95. The number of nitrogens with zero attached hydrogens (tertiary/aromatic N) is 3. The number of ketones is 1. The van der Waals surface area contributed by atoms with Gasteiger partial charge in [0.25, 0.3) is 0 Å². The predicted molar refractivity (Wildman–Crippen MR) is 46.4 cm³/mol. The molecule has 0 saturated carbocycles. The molecule has 0 bridgehead atoms. The second-order valence-electron chi connectivity index (χ2n) is 2.60. The van der Waals surface area contributed by atoms with E-state index in [2.05, 4.69) is 10.3 Å². The highest BCUT2D eigenvalue weighted by Gasteiger charge is 2.11. The van der Waals surface area contributed by atoms with Crippen LogP contribution in [0.15, 0.2) is 24.4 Å². The molecule has 2 N–H and O–H groups in total. The molecule has 0 fully saturated rings. The van der Waals surface area contributed by atoms with Gasteiger partial charge in [-0.15, -0.1) is 5.10 Å². The standard InChI is InChI=1S/C8H8N4O/c9-5-7(13)8-6-3-1-2-4-12(6)11-10-8/h1-4H,5,9H2. The third kappa shape index (κ3) is 1.19. The summed E-state index contributed by atoms with van der Waals surface area (Å²) >= 11 is 0. The van der Waals surface area contributed by atoms with Crippen LogP contribution in [0.3, 0.4) is 0 Å². The molecule has 0 aliphatic rings. The first kappa shape index (κ1) is 7.88. The van der Waals surface area contributed by atoms with Gasteiger partial charge in [-0.2, -0.15) is 0 Å². The maximum atomic E-state index is 11.2. The Morgan fingerprint density at radius 3 is 3.15 bits per heavy atom. The number of rotatable bonds is 2. The van der Waals surface area contributed by atoms with E-state index in [0.29, 0.717) is 11.2 Å². The molecule has 13 heavy (non-hydrogen) atoms. The van der Waals surface area contributed by atoms with Crippen molar-refractivity contribution in [3.63, 3.8) is 0 Å². The fourth-order valence-corrected chi connectivity index (χ4v) is 1.14. The molecule has 0 amide bonds. The monoisotopic (exact) mass is 176 g/mol. The van der Waals surface area contributed by atoms with Crippen LogP contribution < -0.4 is 5.73 Å². The van der Waals surface area contributed by atoms with Gasteiger partial charge in [-0.05, 0) is 12.1 Å². The van der Waals surface area contributed by atoms with Crippen LogP contribution in [0.5, 0.6) is 0 Å². The zero-order chi connectivity index (χ0) is 9.26. The number of Topliss-reactive ketones (excluding diaryl/α,β-unsaturated/α-hetero) is 1. The molecule has 0 unspecified atom stereocenters. The summed E-state index contributed by atoms with van der Waals surface area (Å²) in [5, 5.41) is 7.53. The fourth-order valence-electron chi connectivity index (χ4n) is 1.14. The van der Waals surface area contributed by atoms with Crippen LogP contribution in [-0.4, -0.2) is 27.2 Å². The van der Waals surface area contributed by atoms with Crippen molar-refractivity contribution in [1.82, 2.24) is 14.8 Å². The largest absolute Gasteiger partial charge is 0.324 e. The van der Waals surface area contributed by atoms with Crippen molar-refractivity contribution in [2.45, 2.75) is 0 Å². The van der Waals surface area contributed by atoms with E-state index in [0.717, 1.165) is 0 Å². The average Bonchev–Trinajstić information content (AvgIpc) is 2.60. The second-order valence-corrected chi connectivity index (χ2v) is 2.60. The summed E-state index contributed by atoms with van der Waals surface area (Å²) in [6, 6.07) is 5.42. The number of nitrogens with two attached hydrogens (primary N) is 1. The molecule has 0 spiro atoms. The molecule has 0 aliphatic carbocycles. The lowest BCUT2D eigenvalue weighted by Crippen LogP contribution is -2.14. The molecule has 2 heterocycles. The van der Waals surface area contributed by atoms with Gasteiger partial charge in [-0.1, -0.05) is 11.3 Å². The van der Waals surface area contributed by atoms with Gasteiger partial charge >= 0.3 is 0 Å². The minimum absolute atomic E-state index is 0.0384. The van der Waals surface area contributed by atoms with Crippen LogP contribution in [0.4, 0.5) is 0 Å². The molecule has 0 aliphatic heterocycles. The Bertz CT molecular complexity index is 448. The number of pyridine rings is 1. The van der Waals surface area contributed by atoms with Gasteiger partial charge in [0.15, 0.2) is 11.5 Å². The molecule has 0 atom stereocenters. The highest BCUT2D eigenvalue weighted by atomic mass is 16.1. The van der Waals surface area contributed by atoms with Gasteiger partial charge in [0.2, 0.25) is 0 Å². The van der Waals surface area contributed by atoms with Crippen molar-refractivity contribution in [1.29, 1.82) is 0 Å². The normalized spacial score (nSPS) is 10.5. The van der Waals surface area contributed by atoms with Crippen LogP contribution in [0.2, 0.25) is 0 Å². The molecule has 5 heteroatoms. The van der Waals surface area contributed by atoms with Crippen molar-refractivity contribution < 1.29 is 4.79 Å². The summed E-state index contributed by atoms with van der Waals surface area (Å²) in [6.45, 7) is -0.0384. The number of hydrogen-bond donors (Lipinski definition) is 1. The van der Waals surface area contributed by atoms with Crippen molar-refractivity contribution in [2.75, 3.05) is 6.54 Å². The molecular weight excluding hydrogens is 168 g/mol. The van der Waals surface area contributed by atoms with Gasteiger partial charge in [-0.3, -0.25) is 4.79 Å². The minimum atomic E-state index is -0.193. The summed E-state index contributed by atoms with van der Waals surface area (Å²) in [5.74, 6) is -0.193. The van der Waals surface area contributed by atoms with Crippen LogP contribution in [0, 0.1) is 0 Å². The van der Waals surface area contributed by atoms with Crippen LogP contribution in [0.25, 0.3) is 5.52 Å². The molecule has 2 aromatic rings. The summed E-state index contributed by atoms with van der Waals surface area (Å²) in [7, 11) is 0. The molecular formula is C8H8N4O. The van der Waals surface area contributed by atoms with Crippen molar-refractivity contribution in [3.05, 3.63) is 30.1 Å². The molecule has 0 aromatic carbocycles. The van der Waals surface area contributed by atoms with Crippen molar-refractivity contribution >= 4 is 11.3 Å². The minimum Gasteiger partial charge on any atom is -0.324 e. The maximum Gasteiger partial charge on any atom is 0.198 e. The summed E-state index contributed by atoms with van der Waals surface area (Å²) in [5.41, 5.74) is 6.26. The smallest absolute Gasteiger partial charge is 0.198 e. The molecule has 2 rings (SSSR count). The van der Waals surface area contributed by atoms with Crippen molar-refractivity contribution in [3.8, 4) is 0 Å². The predicted octanol–water partition coefficient (Wildman–Crippen LogP) is -0.129. The zero-order valence-corrected chi connectivity index (χ0v) is 6.84. The Labute approximate surface area is 74.2 Å². The van der Waals surface area contributed by atoms with E-state index < -0.39 is 0 Å². The molecule has 2 aromatic heterocycles. The Morgan fingerprint density at radius 1 is 1.54 bits per heavy atom. The highest BCUT2D eigenvalue weighted by molar-refractivity contribution is 6.01. The summed E-state index contributed by atoms with van der Waals surface area (Å²) in [6.07, 6.45) is 1.73. The highest BCUT2D eigenvalue weighted by Crippen LogP contribution is 2.06. The van der Waals surface area contributed by atoms with E-state index in [4.69, 9.17) is 5.73 Å². The lowest BCUT2D eigenvalue weighted by Gasteiger charge is -1.91. The first-order chi connectivity index (χ1) is 6.33. The van der Waals surface area contributed by atoms with Gasteiger partial charge in [0.05, 0.1) is 12.1 Å². The SMILES string of the molecule is NCC(=O)c1nnn2ccccc12. The molecule has 0 radical (unpaired) electrons. The van der Waals surface area contributed by atoms with E-state index in [9.17, 15) is 4.79 Å². The van der Waals surface area contributed by atoms with Gasteiger partial charge in [0, 0.05) is 6.20 Å². The summed E-state index contributed by atoms with van der Waals surface area (Å²) in [4.78, 5) is 11.2. The van der Waals surface area contributed by atoms with Gasteiger partial charge < -0.3 is 5.73 Å². The first-order valence-corrected chi connectivity index (χ1v) is 3.86. The third-order valence-electron chi connectivity index (χ3n) is 1.77. The molecule has 66 valence electrons. The first-order valence-electron chi connectivity index (χ1n) is 3.86. The maximum absolute atomic E-state index is 11.2. The Balaban J connectivity index is 2.64. The zero-order valence-electron chi connectivity index (χ0n) is 6.84. The van der Waals surface area contributed by atoms with Crippen LogP contribution in [0.1, 0.15) is 10.5 Å². The van der Waals surface area contributed by atoms with E-state index >= 15 is 0 Å². The van der Waals surface area contributed by atoms with Gasteiger partial charge in [-0.25, -0.2) is 4.52 Å². The molecule has 0 saturated heterocycles. The lowest BCUT2D eigenvalue weighted by atomic mass is 10.2. The quantitative estimate of drug-likeness (QED) is 0.647. The number of carbonyl (C=O) groups is 1. The summed E-state index contributed by atoms with van der Waals surface area (Å²) < 4.78 is 1.54. The van der Waals surface area contributed by atoms with E-state index in [1.165, 1.54) is 0 Å². The lowest BCUT2D eigenvalue weighted by molar-refractivity contribution is 0.0998. The Hall–Kier alpha value is -1.75. The Kier molecular flexibility index (Phi) is 1.79. The van der Waals surface area contributed by atoms with Crippen LogP contribution in [-0.2, 0) is 0 Å². The number of hydrogen-bond acceptors (Lipinski definition) is 4.